The summed E-state index contributed by atoms with van der Waals surface area (Å²) in [4.78, 5) is 0. The second kappa shape index (κ2) is 5.12. The Morgan fingerprint density at radius 3 is 2.78 bits per heavy atom. The zero-order valence-corrected chi connectivity index (χ0v) is 13.1. The zero-order valence-electron chi connectivity index (χ0n) is 9.84. The molecule has 98 valence electrons. The molecule has 0 bridgehead atoms. The molecule has 0 spiro atoms. The molecule has 0 fully saturated rings. The summed E-state index contributed by atoms with van der Waals surface area (Å²) in [6, 6.07) is 3.42. The molecule has 18 heavy (non-hydrogen) atoms. The van der Waals surface area contributed by atoms with Crippen LogP contribution in [0, 0.1) is 6.92 Å². The molecule has 0 aromatic carbocycles. The number of aryl methyl sites for hydroxylation is 2. The van der Waals surface area contributed by atoms with Crippen molar-refractivity contribution in [3.8, 4) is 0 Å². The van der Waals surface area contributed by atoms with E-state index in [1.807, 2.05) is 6.92 Å². The third-order valence-corrected chi connectivity index (χ3v) is 6.32. The van der Waals surface area contributed by atoms with Crippen LogP contribution in [0.2, 0.25) is 0 Å². The molecule has 0 amide bonds. The Labute approximate surface area is 118 Å². The van der Waals surface area contributed by atoms with E-state index in [9.17, 15) is 8.42 Å². The van der Waals surface area contributed by atoms with E-state index in [1.165, 1.54) is 11.3 Å². The highest BCUT2D eigenvalue weighted by molar-refractivity contribution is 9.11. The minimum absolute atomic E-state index is 0.192. The van der Waals surface area contributed by atoms with Crippen molar-refractivity contribution in [1.29, 1.82) is 0 Å². The van der Waals surface area contributed by atoms with Crippen molar-refractivity contribution in [2.24, 2.45) is 7.05 Å². The summed E-state index contributed by atoms with van der Waals surface area (Å²) in [6.45, 7) is 2.05. The normalized spacial score (nSPS) is 11.9. The first-order valence-electron chi connectivity index (χ1n) is 5.12. The van der Waals surface area contributed by atoms with Gasteiger partial charge in [-0.3, -0.25) is 4.68 Å². The molecule has 2 rings (SSSR count). The van der Waals surface area contributed by atoms with Crippen molar-refractivity contribution in [1.82, 2.24) is 14.5 Å². The lowest BCUT2D eigenvalue weighted by Crippen LogP contribution is -2.22. The molecule has 0 aliphatic heterocycles. The fraction of sp³-hybridized carbons (Fsp3) is 0.300. The van der Waals surface area contributed by atoms with Gasteiger partial charge in [-0.15, -0.1) is 11.3 Å². The molecule has 2 heterocycles. The highest BCUT2D eigenvalue weighted by Gasteiger charge is 2.18. The van der Waals surface area contributed by atoms with E-state index in [0.29, 0.717) is 9.90 Å². The van der Waals surface area contributed by atoms with Gasteiger partial charge in [0.2, 0.25) is 10.0 Å². The molecule has 0 saturated heterocycles. The van der Waals surface area contributed by atoms with Crippen LogP contribution >= 0.6 is 27.3 Å². The van der Waals surface area contributed by atoms with Gasteiger partial charge in [-0.2, -0.15) is 5.10 Å². The fourth-order valence-electron chi connectivity index (χ4n) is 1.36. The van der Waals surface area contributed by atoms with Gasteiger partial charge >= 0.3 is 0 Å². The minimum atomic E-state index is -3.46. The molecule has 0 aliphatic rings. The van der Waals surface area contributed by atoms with Crippen LogP contribution in [-0.2, 0) is 23.6 Å². The molecule has 0 aliphatic carbocycles. The number of nitrogens with one attached hydrogen (secondary N) is 1. The Kier molecular flexibility index (Phi) is 3.90. The van der Waals surface area contributed by atoms with Gasteiger partial charge in [-0.05, 0) is 40.5 Å². The first-order chi connectivity index (χ1) is 8.38. The maximum Gasteiger partial charge on any atom is 0.250 e. The highest BCUT2D eigenvalue weighted by atomic mass is 79.9. The van der Waals surface area contributed by atoms with Crippen LogP contribution < -0.4 is 4.72 Å². The number of aromatic nitrogens is 2. The van der Waals surface area contributed by atoms with Crippen LogP contribution in [0.4, 0.5) is 0 Å². The standard InChI is InChI=1S/C10H12BrN3O2S2/c1-7-5-9(17-10(7)11)18(15,16)12-6-8-3-4-14(2)13-8/h3-5,12H,6H2,1-2H3. The summed E-state index contributed by atoms with van der Waals surface area (Å²) in [5.74, 6) is 0. The summed E-state index contributed by atoms with van der Waals surface area (Å²) >= 11 is 4.52. The molecule has 1 N–H and O–H groups in total. The maximum atomic E-state index is 12.0. The Bertz CT molecular complexity index is 641. The Morgan fingerprint density at radius 1 is 1.56 bits per heavy atom. The molecule has 2 aromatic rings. The highest BCUT2D eigenvalue weighted by Crippen LogP contribution is 2.30. The SMILES string of the molecule is Cc1cc(S(=O)(=O)NCc2ccn(C)n2)sc1Br. The molecule has 8 heteroatoms. The monoisotopic (exact) mass is 349 g/mol. The van der Waals surface area contributed by atoms with Gasteiger partial charge in [0.1, 0.15) is 4.21 Å². The molecular weight excluding hydrogens is 338 g/mol. The van der Waals surface area contributed by atoms with E-state index in [1.54, 1.807) is 30.1 Å². The fourth-order valence-corrected chi connectivity index (χ4v) is 4.63. The zero-order chi connectivity index (χ0) is 13.3. The van der Waals surface area contributed by atoms with Crippen LogP contribution in [-0.4, -0.2) is 18.2 Å². The molecule has 0 atom stereocenters. The summed E-state index contributed by atoms with van der Waals surface area (Å²) in [5.41, 5.74) is 1.60. The third kappa shape index (κ3) is 3.00. The van der Waals surface area contributed by atoms with Gasteiger partial charge in [0.15, 0.2) is 0 Å². The molecule has 5 nitrogen and oxygen atoms in total. The summed E-state index contributed by atoms with van der Waals surface area (Å²) in [6.07, 6.45) is 1.77. The van der Waals surface area contributed by atoms with Gasteiger partial charge < -0.3 is 0 Å². The van der Waals surface area contributed by atoms with Crippen molar-refractivity contribution >= 4 is 37.3 Å². The second-order valence-electron chi connectivity index (χ2n) is 3.83. The first kappa shape index (κ1) is 13.7. The van der Waals surface area contributed by atoms with Crippen molar-refractivity contribution in [2.45, 2.75) is 17.7 Å². The average Bonchev–Trinajstić information content (AvgIpc) is 2.84. The Hall–Kier alpha value is -0.700. The van der Waals surface area contributed by atoms with Gasteiger partial charge in [0.05, 0.1) is 16.0 Å². The minimum Gasteiger partial charge on any atom is -0.276 e. The second-order valence-corrected chi connectivity index (χ2v) is 8.19. The van der Waals surface area contributed by atoms with Crippen molar-refractivity contribution in [3.05, 3.63) is 33.4 Å². The number of hydrogen-bond donors (Lipinski definition) is 1. The first-order valence-corrected chi connectivity index (χ1v) is 8.22. The van der Waals surface area contributed by atoms with E-state index in [-0.39, 0.29) is 6.54 Å². The maximum absolute atomic E-state index is 12.0. The van der Waals surface area contributed by atoms with Crippen molar-refractivity contribution in [2.75, 3.05) is 0 Å². The number of nitrogens with zero attached hydrogens (tertiary/aromatic N) is 2. The summed E-state index contributed by atoms with van der Waals surface area (Å²) in [5, 5.41) is 4.11. The number of rotatable bonds is 4. The summed E-state index contributed by atoms with van der Waals surface area (Å²) < 4.78 is 29.4. The van der Waals surface area contributed by atoms with Crippen LogP contribution in [0.1, 0.15) is 11.3 Å². The van der Waals surface area contributed by atoms with E-state index in [0.717, 1.165) is 9.35 Å². The Morgan fingerprint density at radius 2 is 2.28 bits per heavy atom. The van der Waals surface area contributed by atoms with Crippen molar-refractivity contribution in [3.63, 3.8) is 0 Å². The van der Waals surface area contributed by atoms with Crippen LogP contribution in [0.25, 0.3) is 0 Å². The largest absolute Gasteiger partial charge is 0.276 e. The summed E-state index contributed by atoms with van der Waals surface area (Å²) in [7, 11) is -1.67. The van der Waals surface area contributed by atoms with E-state index in [4.69, 9.17) is 0 Å². The van der Waals surface area contributed by atoms with E-state index < -0.39 is 10.0 Å². The van der Waals surface area contributed by atoms with E-state index >= 15 is 0 Å². The number of thiophene rings is 1. The van der Waals surface area contributed by atoms with Crippen molar-refractivity contribution < 1.29 is 8.42 Å². The molecule has 0 unspecified atom stereocenters. The predicted octanol–water partition coefficient (Wildman–Crippen LogP) is 2.03. The number of sulfonamides is 1. The van der Waals surface area contributed by atoms with E-state index in [2.05, 4.69) is 25.8 Å². The molecule has 0 radical (unpaired) electrons. The van der Waals surface area contributed by atoms with Crippen LogP contribution in [0.15, 0.2) is 26.3 Å². The lowest BCUT2D eigenvalue weighted by molar-refractivity contribution is 0.581. The van der Waals surface area contributed by atoms with Gasteiger partial charge in [-0.1, -0.05) is 0 Å². The lowest BCUT2D eigenvalue weighted by atomic mass is 10.4. The van der Waals surface area contributed by atoms with Gasteiger partial charge in [0.25, 0.3) is 0 Å². The van der Waals surface area contributed by atoms with Gasteiger partial charge in [-0.25, -0.2) is 13.1 Å². The smallest absolute Gasteiger partial charge is 0.250 e. The lowest BCUT2D eigenvalue weighted by Gasteiger charge is -2.02. The quantitative estimate of drug-likeness (QED) is 0.918. The molecular formula is C10H12BrN3O2S2. The third-order valence-electron chi connectivity index (χ3n) is 2.31. The number of hydrogen-bond acceptors (Lipinski definition) is 4. The predicted molar refractivity (Wildman–Crippen MR) is 74.0 cm³/mol. The Balaban J connectivity index is 2.12. The molecule has 2 aromatic heterocycles. The van der Waals surface area contributed by atoms with Crippen LogP contribution in [0.3, 0.4) is 0 Å². The average molecular weight is 350 g/mol. The number of halogens is 1. The van der Waals surface area contributed by atoms with Gasteiger partial charge in [0, 0.05) is 13.2 Å². The molecule has 0 saturated carbocycles. The van der Waals surface area contributed by atoms with Crippen LogP contribution in [0.5, 0.6) is 0 Å². The topological polar surface area (TPSA) is 64.0 Å².